The maximum Gasteiger partial charge on any atom is 0.260 e. The second-order valence-corrected chi connectivity index (χ2v) is 3.93. The van der Waals surface area contributed by atoms with Crippen LogP contribution in [-0.4, -0.2) is 37.4 Å². The third-order valence-corrected chi connectivity index (χ3v) is 2.49. The molecule has 0 fully saturated rings. The monoisotopic (exact) mass is 271 g/mol. The fourth-order valence-electron chi connectivity index (χ4n) is 1.46. The Labute approximate surface area is 111 Å². The van der Waals surface area contributed by atoms with Crippen LogP contribution in [0.1, 0.15) is 12.5 Å². The van der Waals surface area contributed by atoms with E-state index in [9.17, 15) is 9.18 Å². The highest BCUT2D eigenvalue weighted by Crippen LogP contribution is 2.23. The first-order valence-corrected chi connectivity index (χ1v) is 5.91. The summed E-state index contributed by atoms with van der Waals surface area (Å²) in [5, 5.41) is 11.7. The minimum Gasteiger partial charge on any atom is -0.477 e. The van der Waals surface area contributed by atoms with Gasteiger partial charge in [0, 0.05) is 19.2 Å². The smallest absolute Gasteiger partial charge is 0.260 e. The molecule has 0 saturated heterocycles. The molecule has 19 heavy (non-hydrogen) atoms. The van der Waals surface area contributed by atoms with Crippen LogP contribution >= 0.6 is 0 Å². The first kappa shape index (κ1) is 15.4. The number of carbonyl (C=O) groups excluding carboxylic acids is 1. The molecular weight excluding hydrogens is 253 g/mol. The standard InChI is InChI=1S/C13H18FNO4/c1-9(13(17)15-6-7-18-2)19-12-10(8-16)4-3-5-11(12)14/h3-5,9,16H,6-8H2,1-2H3,(H,15,17). The van der Waals surface area contributed by atoms with Crippen molar-refractivity contribution in [3.05, 3.63) is 29.6 Å². The van der Waals surface area contributed by atoms with E-state index in [1.807, 2.05) is 0 Å². The molecule has 5 nitrogen and oxygen atoms in total. The predicted octanol–water partition coefficient (Wildman–Crippen LogP) is 0.848. The van der Waals surface area contributed by atoms with Gasteiger partial charge in [-0.3, -0.25) is 4.79 Å². The lowest BCUT2D eigenvalue weighted by atomic mass is 10.2. The highest BCUT2D eigenvalue weighted by atomic mass is 19.1. The van der Waals surface area contributed by atoms with Gasteiger partial charge in [-0.15, -0.1) is 0 Å². The zero-order chi connectivity index (χ0) is 14.3. The van der Waals surface area contributed by atoms with Crippen LogP contribution in [0.2, 0.25) is 0 Å². The molecule has 0 aliphatic carbocycles. The molecule has 0 heterocycles. The first-order chi connectivity index (χ1) is 9.10. The number of amides is 1. The van der Waals surface area contributed by atoms with Gasteiger partial charge in [0.2, 0.25) is 0 Å². The van der Waals surface area contributed by atoms with Crippen LogP contribution in [0.3, 0.4) is 0 Å². The number of benzene rings is 1. The van der Waals surface area contributed by atoms with Crippen LogP contribution in [0, 0.1) is 5.82 Å². The van der Waals surface area contributed by atoms with Gasteiger partial charge in [-0.25, -0.2) is 4.39 Å². The Bertz CT molecular complexity index is 425. The van der Waals surface area contributed by atoms with Crippen LogP contribution in [0.15, 0.2) is 18.2 Å². The van der Waals surface area contributed by atoms with E-state index in [-0.39, 0.29) is 18.3 Å². The van der Waals surface area contributed by atoms with Crippen molar-refractivity contribution in [1.82, 2.24) is 5.32 Å². The maximum absolute atomic E-state index is 13.6. The van der Waals surface area contributed by atoms with Gasteiger partial charge in [-0.2, -0.15) is 0 Å². The molecule has 1 atom stereocenters. The average Bonchev–Trinajstić information content (AvgIpc) is 2.41. The summed E-state index contributed by atoms with van der Waals surface area (Å²) < 4.78 is 23.6. The van der Waals surface area contributed by atoms with Crippen molar-refractivity contribution in [2.24, 2.45) is 0 Å². The number of hydrogen-bond donors (Lipinski definition) is 2. The van der Waals surface area contributed by atoms with Crippen molar-refractivity contribution in [3.63, 3.8) is 0 Å². The Morgan fingerprint density at radius 3 is 2.89 bits per heavy atom. The van der Waals surface area contributed by atoms with E-state index in [0.29, 0.717) is 18.7 Å². The molecule has 0 spiro atoms. The van der Waals surface area contributed by atoms with Gasteiger partial charge in [-0.1, -0.05) is 12.1 Å². The topological polar surface area (TPSA) is 67.8 Å². The summed E-state index contributed by atoms with van der Waals surface area (Å²) in [5.74, 6) is -1.08. The minimum atomic E-state index is -0.862. The van der Waals surface area contributed by atoms with E-state index < -0.39 is 11.9 Å². The van der Waals surface area contributed by atoms with E-state index >= 15 is 0 Å². The molecule has 0 radical (unpaired) electrons. The molecule has 1 amide bonds. The Balaban J connectivity index is 2.66. The SMILES string of the molecule is COCCNC(=O)C(C)Oc1c(F)cccc1CO. The van der Waals surface area contributed by atoms with Crippen molar-refractivity contribution in [2.45, 2.75) is 19.6 Å². The summed E-state index contributed by atoms with van der Waals surface area (Å²) >= 11 is 0. The van der Waals surface area contributed by atoms with Crippen LogP contribution in [0.5, 0.6) is 5.75 Å². The summed E-state index contributed by atoms with van der Waals surface area (Å²) in [6.45, 7) is 1.90. The summed E-state index contributed by atoms with van der Waals surface area (Å²) in [7, 11) is 1.53. The van der Waals surface area contributed by atoms with E-state index in [2.05, 4.69) is 5.32 Å². The van der Waals surface area contributed by atoms with Gasteiger partial charge in [0.15, 0.2) is 17.7 Å². The van der Waals surface area contributed by atoms with Gasteiger partial charge in [0.1, 0.15) is 0 Å². The largest absolute Gasteiger partial charge is 0.477 e. The molecule has 2 N–H and O–H groups in total. The Hall–Kier alpha value is -1.66. The number of nitrogens with one attached hydrogen (secondary N) is 1. The Kier molecular flexibility index (Phi) is 6.24. The lowest BCUT2D eigenvalue weighted by Crippen LogP contribution is -2.38. The molecule has 0 aliphatic heterocycles. The van der Waals surface area contributed by atoms with E-state index in [0.717, 1.165) is 0 Å². The van der Waals surface area contributed by atoms with Crippen molar-refractivity contribution in [1.29, 1.82) is 0 Å². The highest BCUT2D eigenvalue weighted by molar-refractivity contribution is 5.80. The zero-order valence-electron chi connectivity index (χ0n) is 11.0. The lowest BCUT2D eigenvalue weighted by Gasteiger charge is -2.17. The molecule has 0 bridgehead atoms. The quantitative estimate of drug-likeness (QED) is 0.721. The molecule has 0 aromatic heterocycles. The summed E-state index contributed by atoms with van der Waals surface area (Å²) in [6, 6.07) is 4.22. The van der Waals surface area contributed by atoms with Crippen LogP contribution < -0.4 is 10.1 Å². The second kappa shape index (κ2) is 7.70. The Morgan fingerprint density at radius 1 is 1.53 bits per heavy atom. The number of hydrogen-bond acceptors (Lipinski definition) is 4. The molecule has 1 rings (SSSR count). The summed E-state index contributed by atoms with van der Waals surface area (Å²) in [4.78, 5) is 11.7. The molecule has 0 saturated carbocycles. The second-order valence-electron chi connectivity index (χ2n) is 3.93. The van der Waals surface area contributed by atoms with E-state index in [1.165, 1.54) is 32.2 Å². The third-order valence-electron chi connectivity index (χ3n) is 2.49. The fourth-order valence-corrected chi connectivity index (χ4v) is 1.46. The van der Waals surface area contributed by atoms with Gasteiger partial charge < -0.3 is 19.9 Å². The van der Waals surface area contributed by atoms with E-state index in [4.69, 9.17) is 14.6 Å². The van der Waals surface area contributed by atoms with Crippen LogP contribution in [0.25, 0.3) is 0 Å². The van der Waals surface area contributed by atoms with Gasteiger partial charge in [0.05, 0.1) is 13.2 Å². The van der Waals surface area contributed by atoms with Crippen molar-refractivity contribution in [2.75, 3.05) is 20.3 Å². The molecule has 0 aliphatic rings. The number of carbonyl (C=O) groups is 1. The van der Waals surface area contributed by atoms with Crippen molar-refractivity contribution >= 4 is 5.91 Å². The number of aliphatic hydroxyl groups is 1. The minimum absolute atomic E-state index is 0.0978. The summed E-state index contributed by atoms with van der Waals surface area (Å²) in [6.07, 6.45) is -0.862. The molecule has 1 unspecified atom stereocenters. The van der Waals surface area contributed by atoms with Crippen molar-refractivity contribution in [3.8, 4) is 5.75 Å². The first-order valence-electron chi connectivity index (χ1n) is 5.91. The maximum atomic E-state index is 13.6. The normalized spacial score (nSPS) is 12.0. The van der Waals surface area contributed by atoms with Gasteiger partial charge >= 0.3 is 0 Å². The number of rotatable bonds is 7. The average molecular weight is 271 g/mol. The predicted molar refractivity (Wildman–Crippen MR) is 67.3 cm³/mol. The fraction of sp³-hybridized carbons (Fsp3) is 0.462. The molecule has 106 valence electrons. The molecule has 1 aromatic carbocycles. The Morgan fingerprint density at radius 2 is 2.26 bits per heavy atom. The molecule has 6 heteroatoms. The summed E-state index contributed by atoms with van der Waals surface area (Å²) in [5.41, 5.74) is 0.302. The third kappa shape index (κ3) is 4.50. The number of aliphatic hydroxyl groups excluding tert-OH is 1. The van der Waals surface area contributed by atoms with Crippen molar-refractivity contribution < 1.29 is 23.8 Å². The van der Waals surface area contributed by atoms with Crippen LogP contribution in [0.4, 0.5) is 4.39 Å². The number of ether oxygens (including phenoxy) is 2. The van der Waals surface area contributed by atoms with Gasteiger partial charge in [0.25, 0.3) is 5.91 Å². The molecule has 1 aromatic rings. The van der Waals surface area contributed by atoms with Crippen LogP contribution in [-0.2, 0) is 16.1 Å². The number of halogens is 1. The van der Waals surface area contributed by atoms with Gasteiger partial charge in [-0.05, 0) is 13.0 Å². The highest BCUT2D eigenvalue weighted by Gasteiger charge is 2.18. The zero-order valence-corrected chi connectivity index (χ0v) is 11.0. The number of methoxy groups -OCH3 is 1. The lowest BCUT2D eigenvalue weighted by molar-refractivity contribution is -0.127. The van der Waals surface area contributed by atoms with E-state index in [1.54, 1.807) is 0 Å². The molecular formula is C13H18FNO4. The number of para-hydroxylation sites is 1.